The van der Waals surface area contributed by atoms with Crippen LogP contribution in [0.15, 0.2) is 28.8 Å². The molecule has 0 saturated heterocycles. The molecule has 0 aliphatic carbocycles. The zero-order valence-corrected chi connectivity index (χ0v) is 12.2. The third-order valence-corrected chi connectivity index (χ3v) is 3.08. The van der Waals surface area contributed by atoms with Gasteiger partial charge in [0, 0.05) is 24.4 Å². The van der Waals surface area contributed by atoms with Gasteiger partial charge in [-0.3, -0.25) is 0 Å². The largest absolute Gasteiger partial charge is 0.496 e. The van der Waals surface area contributed by atoms with E-state index in [2.05, 4.69) is 29.3 Å². The number of likely N-dealkylation sites (N-methyl/N-ethyl adjacent to an activating group) is 1. The van der Waals surface area contributed by atoms with Crippen molar-refractivity contribution in [3.63, 3.8) is 0 Å². The summed E-state index contributed by atoms with van der Waals surface area (Å²) >= 11 is 0. The Morgan fingerprint density at radius 3 is 2.90 bits per heavy atom. The van der Waals surface area contributed by atoms with Crippen LogP contribution in [0.3, 0.4) is 0 Å². The summed E-state index contributed by atoms with van der Waals surface area (Å²) in [6, 6.07) is 8.20. The summed E-state index contributed by atoms with van der Waals surface area (Å²) in [6.45, 7) is 5.12. The molecule has 0 aliphatic heterocycles. The van der Waals surface area contributed by atoms with Gasteiger partial charge >= 0.3 is 0 Å². The number of nitrogens with one attached hydrogen (secondary N) is 1. The average Bonchev–Trinajstić information content (AvgIpc) is 2.87. The first-order valence-electron chi connectivity index (χ1n) is 6.89. The summed E-state index contributed by atoms with van der Waals surface area (Å²) in [5.74, 6) is 2.21. The summed E-state index contributed by atoms with van der Waals surface area (Å²) in [7, 11) is 1.67. The number of nitrogens with zero attached hydrogens (tertiary/aromatic N) is 2. The fourth-order valence-corrected chi connectivity index (χ4v) is 2.15. The fraction of sp³-hybridized carbons (Fsp3) is 0.467. The number of rotatable bonds is 7. The van der Waals surface area contributed by atoms with Crippen LogP contribution in [0.25, 0.3) is 0 Å². The smallest absolute Gasteiger partial charge is 0.228 e. The molecule has 108 valence electrons. The predicted molar refractivity (Wildman–Crippen MR) is 76.9 cm³/mol. The second-order valence-electron chi connectivity index (χ2n) is 4.76. The van der Waals surface area contributed by atoms with Gasteiger partial charge in [-0.15, -0.1) is 0 Å². The maximum atomic E-state index is 5.32. The molecule has 2 rings (SSSR count). The molecule has 1 heterocycles. The van der Waals surface area contributed by atoms with Crippen molar-refractivity contribution in [2.24, 2.45) is 0 Å². The van der Waals surface area contributed by atoms with Crippen LogP contribution in [-0.2, 0) is 12.8 Å². The maximum Gasteiger partial charge on any atom is 0.228 e. The van der Waals surface area contributed by atoms with Crippen LogP contribution in [-0.4, -0.2) is 29.8 Å². The van der Waals surface area contributed by atoms with Gasteiger partial charge in [0.25, 0.3) is 0 Å². The van der Waals surface area contributed by atoms with Gasteiger partial charge in [0.1, 0.15) is 5.75 Å². The molecular weight excluding hydrogens is 254 g/mol. The van der Waals surface area contributed by atoms with E-state index < -0.39 is 0 Å². The highest BCUT2D eigenvalue weighted by Gasteiger charge is 2.12. The Hall–Kier alpha value is -1.88. The molecule has 5 nitrogen and oxygen atoms in total. The van der Waals surface area contributed by atoms with Gasteiger partial charge in [0.15, 0.2) is 5.82 Å². The molecular formula is C15H21N3O2. The molecule has 0 saturated carbocycles. The van der Waals surface area contributed by atoms with Crippen molar-refractivity contribution in [2.45, 2.75) is 32.7 Å². The SMILES string of the molecule is CCNC(C)Cc1nc(Cc2ccccc2OC)no1. The van der Waals surface area contributed by atoms with E-state index in [0.29, 0.717) is 24.2 Å². The minimum atomic E-state index is 0.333. The highest BCUT2D eigenvalue weighted by Crippen LogP contribution is 2.19. The van der Waals surface area contributed by atoms with Crippen LogP contribution in [0.4, 0.5) is 0 Å². The van der Waals surface area contributed by atoms with Gasteiger partial charge in [0.2, 0.25) is 5.89 Å². The van der Waals surface area contributed by atoms with Crippen LogP contribution in [0.1, 0.15) is 31.1 Å². The molecule has 1 atom stereocenters. The molecule has 0 amide bonds. The summed E-state index contributed by atoms with van der Waals surface area (Å²) in [5.41, 5.74) is 1.06. The first-order valence-corrected chi connectivity index (χ1v) is 6.89. The Morgan fingerprint density at radius 1 is 1.35 bits per heavy atom. The Bertz CT molecular complexity index is 539. The van der Waals surface area contributed by atoms with Crippen LogP contribution < -0.4 is 10.1 Å². The third kappa shape index (κ3) is 3.81. The average molecular weight is 275 g/mol. The van der Waals surface area contributed by atoms with Crippen LogP contribution in [0, 0.1) is 0 Å². The van der Waals surface area contributed by atoms with E-state index in [4.69, 9.17) is 9.26 Å². The maximum absolute atomic E-state index is 5.32. The van der Waals surface area contributed by atoms with E-state index in [-0.39, 0.29) is 0 Å². The molecule has 0 bridgehead atoms. The number of hydrogen-bond donors (Lipinski definition) is 1. The Morgan fingerprint density at radius 2 is 2.15 bits per heavy atom. The van der Waals surface area contributed by atoms with Gasteiger partial charge < -0.3 is 14.6 Å². The second-order valence-corrected chi connectivity index (χ2v) is 4.76. The van der Waals surface area contributed by atoms with E-state index in [0.717, 1.165) is 24.3 Å². The van der Waals surface area contributed by atoms with E-state index >= 15 is 0 Å². The van der Waals surface area contributed by atoms with Crippen molar-refractivity contribution in [2.75, 3.05) is 13.7 Å². The molecule has 1 N–H and O–H groups in total. The number of methoxy groups -OCH3 is 1. The van der Waals surface area contributed by atoms with Crippen molar-refractivity contribution in [3.05, 3.63) is 41.5 Å². The van der Waals surface area contributed by atoms with E-state index in [1.807, 2.05) is 24.3 Å². The molecule has 5 heteroatoms. The Kier molecular flexibility index (Phi) is 5.12. The van der Waals surface area contributed by atoms with Crippen LogP contribution in [0.2, 0.25) is 0 Å². The normalized spacial score (nSPS) is 12.3. The Balaban J connectivity index is 2.02. The number of ether oxygens (including phenoxy) is 1. The molecule has 1 unspecified atom stereocenters. The van der Waals surface area contributed by atoms with E-state index in [1.54, 1.807) is 7.11 Å². The molecule has 0 radical (unpaired) electrons. The lowest BCUT2D eigenvalue weighted by Crippen LogP contribution is -2.27. The molecule has 1 aromatic heterocycles. The number of para-hydroxylation sites is 1. The summed E-state index contributed by atoms with van der Waals surface area (Å²) in [4.78, 5) is 4.43. The zero-order chi connectivity index (χ0) is 14.4. The lowest BCUT2D eigenvalue weighted by molar-refractivity contribution is 0.358. The van der Waals surface area contributed by atoms with Crippen molar-refractivity contribution >= 4 is 0 Å². The lowest BCUT2D eigenvalue weighted by atomic mass is 10.1. The van der Waals surface area contributed by atoms with Crippen molar-refractivity contribution in [1.82, 2.24) is 15.5 Å². The van der Waals surface area contributed by atoms with Crippen molar-refractivity contribution in [1.29, 1.82) is 0 Å². The highest BCUT2D eigenvalue weighted by atomic mass is 16.5. The monoisotopic (exact) mass is 275 g/mol. The first-order chi connectivity index (χ1) is 9.72. The van der Waals surface area contributed by atoms with Gasteiger partial charge in [-0.25, -0.2) is 0 Å². The second kappa shape index (κ2) is 7.05. The van der Waals surface area contributed by atoms with Crippen molar-refractivity contribution < 1.29 is 9.26 Å². The molecule has 2 aromatic rings. The third-order valence-electron chi connectivity index (χ3n) is 3.08. The van der Waals surface area contributed by atoms with Crippen LogP contribution in [0.5, 0.6) is 5.75 Å². The predicted octanol–water partition coefficient (Wildman–Crippen LogP) is 2.21. The molecule has 20 heavy (non-hydrogen) atoms. The van der Waals surface area contributed by atoms with Gasteiger partial charge in [-0.1, -0.05) is 30.3 Å². The summed E-state index contributed by atoms with van der Waals surface area (Å²) < 4.78 is 10.6. The van der Waals surface area contributed by atoms with Gasteiger partial charge in [-0.2, -0.15) is 4.98 Å². The Labute approximate surface area is 119 Å². The number of aromatic nitrogens is 2. The van der Waals surface area contributed by atoms with E-state index in [9.17, 15) is 0 Å². The van der Waals surface area contributed by atoms with Crippen LogP contribution >= 0.6 is 0 Å². The van der Waals surface area contributed by atoms with Gasteiger partial charge in [0.05, 0.1) is 7.11 Å². The van der Waals surface area contributed by atoms with Crippen molar-refractivity contribution in [3.8, 4) is 5.75 Å². The lowest BCUT2D eigenvalue weighted by Gasteiger charge is -2.08. The number of hydrogen-bond acceptors (Lipinski definition) is 5. The van der Waals surface area contributed by atoms with Gasteiger partial charge in [-0.05, 0) is 19.5 Å². The zero-order valence-electron chi connectivity index (χ0n) is 12.2. The topological polar surface area (TPSA) is 60.2 Å². The molecule has 1 aromatic carbocycles. The quantitative estimate of drug-likeness (QED) is 0.839. The molecule has 0 aliphatic rings. The number of benzene rings is 1. The molecule has 0 spiro atoms. The standard InChI is InChI=1S/C15H21N3O2/c1-4-16-11(2)9-15-17-14(18-20-15)10-12-7-5-6-8-13(12)19-3/h5-8,11,16H,4,9-10H2,1-3H3. The first kappa shape index (κ1) is 14.5. The fourth-order valence-electron chi connectivity index (χ4n) is 2.15. The minimum absolute atomic E-state index is 0.333. The summed E-state index contributed by atoms with van der Waals surface area (Å²) in [5, 5.41) is 7.35. The highest BCUT2D eigenvalue weighted by molar-refractivity contribution is 5.35. The van der Waals surface area contributed by atoms with E-state index in [1.165, 1.54) is 0 Å². The summed E-state index contributed by atoms with van der Waals surface area (Å²) in [6.07, 6.45) is 1.36. The molecule has 0 fully saturated rings. The minimum Gasteiger partial charge on any atom is -0.496 e.